The van der Waals surface area contributed by atoms with E-state index in [4.69, 9.17) is 9.47 Å². The van der Waals surface area contributed by atoms with Crippen LogP contribution >= 0.6 is 0 Å². The number of nitrogens with zero attached hydrogens (tertiary/aromatic N) is 2. The second kappa shape index (κ2) is 13.1. The third-order valence-corrected chi connectivity index (χ3v) is 4.88. The zero-order valence-electron chi connectivity index (χ0n) is 19.0. The van der Waals surface area contributed by atoms with Crippen LogP contribution in [0.5, 0.6) is 11.5 Å². The molecular weight excluding hydrogens is 396 g/mol. The molecule has 0 aliphatic carbocycles. The molecule has 3 aromatic rings. The van der Waals surface area contributed by atoms with Gasteiger partial charge in [0.25, 0.3) is 0 Å². The summed E-state index contributed by atoms with van der Waals surface area (Å²) in [4.78, 5) is 8.97. The standard InChI is InChI=1S/C28H32N2O2/c1-3-5-19-31-27-15-9-23(10-16-27)7-13-25-21-30-26(22-29-25)14-8-24-11-17-28(18-12-24)32-20-6-4-2/h7-18,21-22H,3-6,19-20H2,1-2H3/b13-7+,14-8+. The average Bonchev–Trinajstić information content (AvgIpc) is 2.84. The topological polar surface area (TPSA) is 44.2 Å². The summed E-state index contributed by atoms with van der Waals surface area (Å²) in [6, 6.07) is 16.2. The van der Waals surface area contributed by atoms with Crippen LogP contribution in [0.25, 0.3) is 24.3 Å². The number of unbranched alkanes of at least 4 members (excludes halogenated alkanes) is 2. The average molecular weight is 429 g/mol. The Balaban J connectivity index is 1.51. The van der Waals surface area contributed by atoms with Gasteiger partial charge in [-0.15, -0.1) is 0 Å². The molecule has 0 amide bonds. The molecule has 0 aliphatic heterocycles. The van der Waals surface area contributed by atoms with E-state index in [1.165, 1.54) is 0 Å². The zero-order valence-corrected chi connectivity index (χ0v) is 19.0. The van der Waals surface area contributed by atoms with Gasteiger partial charge in [0.2, 0.25) is 0 Å². The van der Waals surface area contributed by atoms with Crippen molar-refractivity contribution >= 4 is 24.3 Å². The highest BCUT2D eigenvalue weighted by molar-refractivity contribution is 5.70. The molecule has 0 bridgehead atoms. The Morgan fingerprint density at radius 2 is 1.00 bits per heavy atom. The molecule has 0 fully saturated rings. The van der Waals surface area contributed by atoms with E-state index in [2.05, 4.69) is 23.8 Å². The Labute approximate surface area is 191 Å². The van der Waals surface area contributed by atoms with Crippen LogP contribution in [0.15, 0.2) is 60.9 Å². The van der Waals surface area contributed by atoms with E-state index in [0.717, 1.165) is 72.9 Å². The van der Waals surface area contributed by atoms with Crippen molar-refractivity contribution < 1.29 is 9.47 Å². The maximum absolute atomic E-state index is 5.70. The van der Waals surface area contributed by atoms with Gasteiger partial charge in [-0.1, -0.05) is 63.1 Å². The first-order chi connectivity index (χ1) is 15.8. The smallest absolute Gasteiger partial charge is 0.119 e. The quantitative estimate of drug-likeness (QED) is 0.287. The first-order valence-corrected chi connectivity index (χ1v) is 11.4. The number of aromatic nitrogens is 2. The fourth-order valence-electron chi connectivity index (χ4n) is 2.90. The zero-order chi connectivity index (χ0) is 22.4. The maximum atomic E-state index is 5.70. The summed E-state index contributed by atoms with van der Waals surface area (Å²) in [5.41, 5.74) is 3.83. The Hall–Kier alpha value is -3.40. The van der Waals surface area contributed by atoms with Crippen LogP contribution in [0.2, 0.25) is 0 Å². The normalized spacial score (nSPS) is 11.3. The molecule has 0 atom stereocenters. The van der Waals surface area contributed by atoms with Crippen molar-refractivity contribution in [1.29, 1.82) is 0 Å². The fourth-order valence-corrected chi connectivity index (χ4v) is 2.90. The summed E-state index contributed by atoms with van der Waals surface area (Å²) >= 11 is 0. The van der Waals surface area contributed by atoms with Crippen LogP contribution < -0.4 is 9.47 Å². The van der Waals surface area contributed by atoms with Gasteiger partial charge < -0.3 is 9.47 Å². The summed E-state index contributed by atoms with van der Waals surface area (Å²) < 4.78 is 11.4. The molecule has 4 heteroatoms. The van der Waals surface area contributed by atoms with Crippen molar-refractivity contribution in [1.82, 2.24) is 9.97 Å². The molecule has 0 saturated heterocycles. The Morgan fingerprint density at radius 1 is 0.594 bits per heavy atom. The molecule has 0 N–H and O–H groups in total. The lowest BCUT2D eigenvalue weighted by atomic mass is 10.2. The van der Waals surface area contributed by atoms with Crippen molar-refractivity contribution in [2.75, 3.05) is 13.2 Å². The van der Waals surface area contributed by atoms with Gasteiger partial charge in [-0.05, 0) is 60.4 Å². The van der Waals surface area contributed by atoms with Gasteiger partial charge in [-0.25, -0.2) is 0 Å². The molecule has 0 saturated carbocycles. The van der Waals surface area contributed by atoms with Gasteiger partial charge in [0.1, 0.15) is 11.5 Å². The Morgan fingerprint density at radius 3 is 1.34 bits per heavy atom. The molecule has 0 spiro atoms. The van der Waals surface area contributed by atoms with Crippen LogP contribution in [0, 0.1) is 0 Å². The van der Waals surface area contributed by atoms with Crippen molar-refractivity contribution in [3.05, 3.63) is 83.4 Å². The highest BCUT2D eigenvalue weighted by atomic mass is 16.5. The third-order valence-electron chi connectivity index (χ3n) is 4.88. The minimum Gasteiger partial charge on any atom is -0.494 e. The monoisotopic (exact) mass is 428 g/mol. The van der Waals surface area contributed by atoms with Crippen molar-refractivity contribution in [2.24, 2.45) is 0 Å². The van der Waals surface area contributed by atoms with Crippen LogP contribution in [0.3, 0.4) is 0 Å². The van der Waals surface area contributed by atoms with Gasteiger partial charge in [-0.2, -0.15) is 0 Å². The van der Waals surface area contributed by atoms with Crippen molar-refractivity contribution in [3.63, 3.8) is 0 Å². The summed E-state index contributed by atoms with van der Waals surface area (Å²) in [6.45, 7) is 5.85. The number of hydrogen-bond acceptors (Lipinski definition) is 4. The van der Waals surface area contributed by atoms with Gasteiger partial charge in [0.15, 0.2) is 0 Å². The van der Waals surface area contributed by atoms with E-state index in [1.807, 2.05) is 72.8 Å². The van der Waals surface area contributed by atoms with E-state index in [-0.39, 0.29) is 0 Å². The number of ether oxygens (including phenoxy) is 2. The molecule has 1 heterocycles. The maximum Gasteiger partial charge on any atom is 0.119 e. The minimum atomic E-state index is 0.765. The molecule has 32 heavy (non-hydrogen) atoms. The molecule has 4 nitrogen and oxygen atoms in total. The summed E-state index contributed by atoms with van der Waals surface area (Å²) in [7, 11) is 0. The van der Waals surface area contributed by atoms with E-state index in [9.17, 15) is 0 Å². The summed E-state index contributed by atoms with van der Waals surface area (Å²) in [6.07, 6.45) is 16.0. The first kappa shape index (κ1) is 23.3. The number of hydrogen-bond donors (Lipinski definition) is 0. The minimum absolute atomic E-state index is 0.765. The Bertz CT molecular complexity index is 893. The van der Waals surface area contributed by atoms with E-state index in [0.29, 0.717) is 0 Å². The summed E-state index contributed by atoms with van der Waals surface area (Å²) in [5, 5.41) is 0. The lowest BCUT2D eigenvalue weighted by Crippen LogP contribution is -1.95. The van der Waals surface area contributed by atoms with Gasteiger partial charge >= 0.3 is 0 Å². The lowest BCUT2D eigenvalue weighted by Gasteiger charge is -2.05. The second-order valence-corrected chi connectivity index (χ2v) is 7.57. The lowest BCUT2D eigenvalue weighted by molar-refractivity contribution is 0.309. The molecule has 166 valence electrons. The fraction of sp³-hybridized carbons (Fsp3) is 0.286. The van der Waals surface area contributed by atoms with Crippen LogP contribution in [0.1, 0.15) is 62.0 Å². The van der Waals surface area contributed by atoms with Crippen LogP contribution in [-0.4, -0.2) is 23.2 Å². The second-order valence-electron chi connectivity index (χ2n) is 7.57. The van der Waals surface area contributed by atoms with Gasteiger partial charge in [0, 0.05) is 0 Å². The Kier molecular flexibility index (Phi) is 9.53. The highest BCUT2D eigenvalue weighted by Gasteiger charge is 1.96. The van der Waals surface area contributed by atoms with Gasteiger partial charge in [0.05, 0.1) is 37.0 Å². The van der Waals surface area contributed by atoms with Crippen molar-refractivity contribution in [3.8, 4) is 11.5 Å². The van der Waals surface area contributed by atoms with Crippen LogP contribution in [0.4, 0.5) is 0 Å². The molecule has 0 unspecified atom stereocenters. The van der Waals surface area contributed by atoms with E-state index in [1.54, 1.807) is 12.4 Å². The molecule has 1 aromatic heterocycles. The predicted octanol–water partition coefficient (Wildman–Crippen LogP) is 7.18. The largest absolute Gasteiger partial charge is 0.494 e. The highest BCUT2D eigenvalue weighted by Crippen LogP contribution is 2.16. The molecule has 0 aliphatic rings. The SMILES string of the molecule is CCCCOc1ccc(/C=C/c2cnc(/C=C/c3ccc(OCCCC)cc3)cn2)cc1. The van der Waals surface area contributed by atoms with Crippen molar-refractivity contribution in [2.45, 2.75) is 39.5 Å². The predicted molar refractivity (Wildman–Crippen MR) is 134 cm³/mol. The molecule has 2 aromatic carbocycles. The third kappa shape index (κ3) is 8.03. The van der Waals surface area contributed by atoms with Gasteiger partial charge in [-0.3, -0.25) is 9.97 Å². The molecular formula is C28H32N2O2. The summed E-state index contributed by atoms with van der Waals surface area (Å²) in [5.74, 6) is 1.82. The van der Waals surface area contributed by atoms with E-state index < -0.39 is 0 Å². The number of benzene rings is 2. The number of rotatable bonds is 12. The van der Waals surface area contributed by atoms with Crippen LogP contribution in [-0.2, 0) is 0 Å². The molecule has 0 radical (unpaired) electrons. The molecule has 3 rings (SSSR count). The first-order valence-electron chi connectivity index (χ1n) is 11.4. The van der Waals surface area contributed by atoms with E-state index >= 15 is 0 Å².